The highest BCUT2D eigenvalue weighted by Gasteiger charge is 2.16. The molecule has 1 aromatic carbocycles. The van der Waals surface area contributed by atoms with Gasteiger partial charge in [-0.05, 0) is 12.1 Å². The molecule has 0 aliphatic heterocycles. The van der Waals surface area contributed by atoms with Crippen molar-refractivity contribution in [1.82, 2.24) is 6.15 Å². The van der Waals surface area contributed by atoms with Crippen LogP contribution in [0.25, 0.3) is 0 Å². The number of hydrogen-bond acceptors (Lipinski definition) is 5. The maximum absolute atomic E-state index is 11.3. The van der Waals surface area contributed by atoms with Gasteiger partial charge >= 0.3 is 11.9 Å². The molecule has 0 radical (unpaired) electrons. The standard InChI is InChI=1S/C10H10O5.H3N/c11-5-6-15-10(14)8-4-2-1-3-7(8)9(12)13;/h1-4,11H,5-6H2,(H,12,13);1H3. The third kappa shape index (κ3) is 3.34. The Bertz CT molecular complexity index is 377. The maximum atomic E-state index is 11.3. The summed E-state index contributed by atoms with van der Waals surface area (Å²) in [6.07, 6.45) is 0. The Hall–Kier alpha value is -1.92. The Balaban J connectivity index is 0.00000225. The van der Waals surface area contributed by atoms with Gasteiger partial charge in [0.1, 0.15) is 6.61 Å². The number of aromatic carboxylic acids is 1. The van der Waals surface area contributed by atoms with Crippen LogP contribution in [-0.2, 0) is 4.74 Å². The molecular weight excluding hydrogens is 214 g/mol. The summed E-state index contributed by atoms with van der Waals surface area (Å²) in [4.78, 5) is 22.1. The summed E-state index contributed by atoms with van der Waals surface area (Å²) >= 11 is 0. The Morgan fingerprint density at radius 2 is 1.75 bits per heavy atom. The quantitative estimate of drug-likeness (QED) is 0.651. The van der Waals surface area contributed by atoms with Gasteiger partial charge in [-0.2, -0.15) is 0 Å². The van der Waals surface area contributed by atoms with E-state index < -0.39 is 11.9 Å². The van der Waals surface area contributed by atoms with Crippen LogP contribution in [0.4, 0.5) is 0 Å². The smallest absolute Gasteiger partial charge is 0.339 e. The number of carbonyl (C=O) groups is 2. The van der Waals surface area contributed by atoms with E-state index in [0.717, 1.165) is 0 Å². The SMILES string of the molecule is N.O=C(O)c1ccccc1C(=O)OCCO. The summed E-state index contributed by atoms with van der Waals surface area (Å²) in [5.41, 5.74) is -0.126. The summed E-state index contributed by atoms with van der Waals surface area (Å²) in [6, 6.07) is 5.75. The molecule has 0 amide bonds. The third-order valence-electron chi connectivity index (χ3n) is 1.70. The lowest BCUT2D eigenvalue weighted by atomic mass is 10.1. The van der Waals surface area contributed by atoms with E-state index in [1.807, 2.05) is 0 Å². The summed E-state index contributed by atoms with van der Waals surface area (Å²) in [7, 11) is 0. The Morgan fingerprint density at radius 3 is 2.25 bits per heavy atom. The fourth-order valence-corrected chi connectivity index (χ4v) is 1.06. The number of rotatable bonds is 4. The van der Waals surface area contributed by atoms with E-state index in [4.69, 9.17) is 10.2 Å². The maximum Gasteiger partial charge on any atom is 0.339 e. The van der Waals surface area contributed by atoms with Crippen LogP contribution in [0.1, 0.15) is 20.7 Å². The van der Waals surface area contributed by atoms with Crippen LogP contribution in [-0.4, -0.2) is 35.4 Å². The fraction of sp³-hybridized carbons (Fsp3) is 0.200. The molecule has 1 rings (SSSR count). The molecule has 0 aromatic heterocycles. The van der Waals surface area contributed by atoms with Crippen LogP contribution in [0, 0.1) is 0 Å². The fourth-order valence-electron chi connectivity index (χ4n) is 1.06. The van der Waals surface area contributed by atoms with E-state index in [9.17, 15) is 9.59 Å². The molecule has 0 saturated carbocycles. The normalized spacial score (nSPS) is 9.06. The van der Waals surface area contributed by atoms with Gasteiger partial charge in [-0.15, -0.1) is 0 Å². The van der Waals surface area contributed by atoms with Gasteiger partial charge in [-0.3, -0.25) is 0 Å². The average molecular weight is 227 g/mol. The third-order valence-corrected chi connectivity index (χ3v) is 1.70. The molecular formula is C10H13NO5. The minimum Gasteiger partial charge on any atom is -0.478 e. The van der Waals surface area contributed by atoms with E-state index in [0.29, 0.717) is 0 Å². The first-order valence-electron chi connectivity index (χ1n) is 4.27. The van der Waals surface area contributed by atoms with Crippen LogP contribution < -0.4 is 6.15 Å². The van der Waals surface area contributed by atoms with Gasteiger partial charge in [-0.1, -0.05) is 12.1 Å². The van der Waals surface area contributed by atoms with Gasteiger partial charge in [0.2, 0.25) is 0 Å². The van der Waals surface area contributed by atoms with Crippen molar-refractivity contribution in [1.29, 1.82) is 0 Å². The lowest BCUT2D eigenvalue weighted by Crippen LogP contribution is -2.13. The predicted octanol–water partition coefficient (Wildman–Crippen LogP) is 0.696. The molecule has 5 N–H and O–H groups in total. The van der Waals surface area contributed by atoms with E-state index in [2.05, 4.69) is 4.74 Å². The number of ether oxygens (including phenoxy) is 1. The zero-order valence-electron chi connectivity index (χ0n) is 8.55. The van der Waals surface area contributed by atoms with Crippen LogP contribution in [0.5, 0.6) is 0 Å². The monoisotopic (exact) mass is 227 g/mol. The van der Waals surface area contributed by atoms with Crippen LogP contribution in [0.2, 0.25) is 0 Å². The number of esters is 1. The van der Waals surface area contributed by atoms with E-state index >= 15 is 0 Å². The van der Waals surface area contributed by atoms with Gasteiger partial charge in [-0.25, -0.2) is 9.59 Å². The van der Waals surface area contributed by atoms with Crippen LogP contribution in [0.15, 0.2) is 24.3 Å². The lowest BCUT2D eigenvalue weighted by Gasteiger charge is -2.05. The number of carboxylic acid groups (broad SMARTS) is 1. The van der Waals surface area contributed by atoms with E-state index in [1.54, 1.807) is 6.07 Å². The van der Waals surface area contributed by atoms with Gasteiger partial charge in [0, 0.05) is 0 Å². The molecule has 0 fully saturated rings. The van der Waals surface area contributed by atoms with Crippen molar-refractivity contribution in [3.63, 3.8) is 0 Å². The molecule has 0 aliphatic carbocycles. The first-order valence-corrected chi connectivity index (χ1v) is 4.27. The second-order valence-electron chi connectivity index (χ2n) is 2.71. The van der Waals surface area contributed by atoms with Crippen molar-refractivity contribution < 1.29 is 24.5 Å². The Morgan fingerprint density at radius 1 is 1.19 bits per heavy atom. The Kier molecular flexibility index (Phi) is 5.76. The lowest BCUT2D eigenvalue weighted by molar-refractivity contribution is 0.0426. The molecule has 0 atom stereocenters. The second-order valence-corrected chi connectivity index (χ2v) is 2.71. The van der Waals surface area contributed by atoms with Gasteiger partial charge in [0.05, 0.1) is 17.7 Å². The first-order chi connectivity index (χ1) is 7.16. The molecule has 88 valence electrons. The topological polar surface area (TPSA) is 119 Å². The van der Waals surface area contributed by atoms with Crippen LogP contribution in [0.3, 0.4) is 0 Å². The summed E-state index contributed by atoms with van der Waals surface area (Å²) in [6.45, 7) is -0.437. The van der Waals surface area contributed by atoms with Crippen molar-refractivity contribution in [3.8, 4) is 0 Å². The molecule has 0 heterocycles. The second kappa shape index (κ2) is 6.54. The number of carboxylic acids is 1. The number of carbonyl (C=O) groups excluding carboxylic acids is 1. The molecule has 0 aliphatic rings. The number of aliphatic hydroxyl groups excluding tert-OH is 1. The highest BCUT2D eigenvalue weighted by molar-refractivity contribution is 6.02. The van der Waals surface area contributed by atoms with Gasteiger partial charge < -0.3 is 21.1 Å². The summed E-state index contributed by atoms with van der Waals surface area (Å²) in [5.74, 6) is -1.94. The number of hydrogen-bond donors (Lipinski definition) is 3. The van der Waals surface area contributed by atoms with Crippen LogP contribution >= 0.6 is 0 Å². The minimum absolute atomic E-state index is 0. The molecule has 0 unspecified atom stereocenters. The van der Waals surface area contributed by atoms with Crippen molar-refractivity contribution in [2.45, 2.75) is 0 Å². The Labute approximate surface area is 92.1 Å². The zero-order chi connectivity index (χ0) is 11.3. The van der Waals surface area contributed by atoms with E-state index in [-0.39, 0.29) is 30.5 Å². The minimum atomic E-state index is -1.19. The van der Waals surface area contributed by atoms with Crippen molar-refractivity contribution >= 4 is 11.9 Å². The summed E-state index contributed by atoms with van der Waals surface area (Å²) < 4.78 is 4.62. The molecule has 6 nitrogen and oxygen atoms in total. The van der Waals surface area contributed by atoms with Gasteiger partial charge in [0.25, 0.3) is 0 Å². The molecule has 1 aromatic rings. The number of benzene rings is 1. The molecule has 0 bridgehead atoms. The first kappa shape index (κ1) is 14.1. The van der Waals surface area contributed by atoms with E-state index in [1.165, 1.54) is 18.2 Å². The zero-order valence-corrected chi connectivity index (χ0v) is 8.55. The molecule has 16 heavy (non-hydrogen) atoms. The van der Waals surface area contributed by atoms with Crippen molar-refractivity contribution in [2.24, 2.45) is 0 Å². The molecule has 0 saturated heterocycles. The highest BCUT2D eigenvalue weighted by Crippen LogP contribution is 2.10. The number of aliphatic hydroxyl groups is 1. The largest absolute Gasteiger partial charge is 0.478 e. The summed E-state index contributed by atoms with van der Waals surface area (Å²) in [5, 5.41) is 17.2. The molecule has 6 heteroatoms. The predicted molar refractivity (Wildman–Crippen MR) is 55.8 cm³/mol. The van der Waals surface area contributed by atoms with Crippen molar-refractivity contribution in [3.05, 3.63) is 35.4 Å². The van der Waals surface area contributed by atoms with Gasteiger partial charge in [0.15, 0.2) is 0 Å². The highest BCUT2D eigenvalue weighted by atomic mass is 16.5. The average Bonchev–Trinajstić information content (AvgIpc) is 2.25. The molecule has 0 spiro atoms. The van der Waals surface area contributed by atoms with Crippen molar-refractivity contribution in [2.75, 3.05) is 13.2 Å².